The molecule has 0 unspecified atom stereocenters. The number of nitriles is 1. The van der Waals surface area contributed by atoms with Crippen LogP contribution in [0.5, 0.6) is 17.4 Å². The minimum atomic E-state index is -0.375. The number of pyridine rings is 1. The molecule has 0 saturated carbocycles. The molecule has 32 heavy (non-hydrogen) atoms. The normalized spacial score (nSPS) is 31.3. The molecule has 2 bridgehead atoms. The Morgan fingerprint density at radius 1 is 1.34 bits per heavy atom. The number of carbonyl (C=O) groups excluding carboxylic acids is 1. The molecule has 1 fully saturated rings. The third-order valence-corrected chi connectivity index (χ3v) is 7.49. The van der Waals surface area contributed by atoms with Gasteiger partial charge in [0.25, 0.3) is 0 Å². The third kappa shape index (κ3) is 2.56. The molecule has 162 valence electrons. The van der Waals surface area contributed by atoms with E-state index in [0.717, 1.165) is 19.4 Å². The van der Waals surface area contributed by atoms with Gasteiger partial charge in [0.1, 0.15) is 6.10 Å². The maximum absolute atomic E-state index is 11.8. The van der Waals surface area contributed by atoms with Crippen LogP contribution in [0.25, 0.3) is 0 Å². The van der Waals surface area contributed by atoms with Crippen LogP contribution in [-0.2, 0) is 16.6 Å². The second-order valence-electron chi connectivity index (χ2n) is 9.09. The van der Waals surface area contributed by atoms with Crippen LogP contribution in [-0.4, -0.2) is 47.7 Å². The van der Waals surface area contributed by atoms with Crippen molar-refractivity contribution in [3.63, 3.8) is 0 Å². The fourth-order valence-corrected chi connectivity index (χ4v) is 6.23. The Morgan fingerprint density at radius 3 is 3.03 bits per heavy atom. The lowest BCUT2D eigenvalue weighted by molar-refractivity contribution is -0.132. The first-order valence-corrected chi connectivity index (χ1v) is 10.9. The second-order valence-corrected chi connectivity index (χ2v) is 9.09. The SMILES string of the molecule is CC(=O)Oc1ccc2c3c1O[C@H]1[C@@H](Oc4cc(C#N)ccn4)C=C[C@H]4[C@@H](C2)N(C)CC[C@@]341. The molecule has 7 nitrogen and oxygen atoms in total. The monoisotopic (exact) mass is 429 g/mol. The highest BCUT2D eigenvalue weighted by molar-refractivity contribution is 5.72. The van der Waals surface area contributed by atoms with E-state index in [2.05, 4.69) is 41.2 Å². The molecule has 5 atom stereocenters. The third-order valence-electron chi connectivity index (χ3n) is 7.49. The average Bonchev–Trinajstić information content (AvgIpc) is 3.14. The topological polar surface area (TPSA) is 84.7 Å². The predicted molar refractivity (Wildman–Crippen MR) is 115 cm³/mol. The first-order chi connectivity index (χ1) is 15.5. The van der Waals surface area contributed by atoms with E-state index in [4.69, 9.17) is 14.2 Å². The molecule has 3 heterocycles. The Balaban J connectivity index is 1.48. The van der Waals surface area contributed by atoms with Crippen LogP contribution in [0.2, 0.25) is 0 Å². The van der Waals surface area contributed by atoms with Crippen molar-refractivity contribution in [3.05, 3.63) is 59.3 Å². The van der Waals surface area contributed by atoms with Crippen LogP contribution < -0.4 is 14.2 Å². The van der Waals surface area contributed by atoms with Crippen molar-refractivity contribution in [2.45, 2.75) is 43.4 Å². The van der Waals surface area contributed by atoms with Crippen LogP contribution >= 0.6 is 0 Å². The number of rotatable bonds is 3. The molecule has 4 aliphatic rings. The summed E-state index contributed by atoms with van der Waals surface area (Å²) in [6.07, 6.45) is 7.14. The minimum Gasteiger partial charge on any atom is -0.481 e. The highest BCUT2D eigenvalue weighted by Crippen LogP contribution is 2.62. The van der Waals surface area contributed by atoms with E-state index in [-0.39, 0.29) is 29.5 Å². The highest BCUT2D eigenvalue weighted by Gasteiger charge is 2.65. The van der Waals surface area contributed by atoms with Gasteiger partial charge in [-0.05, 0) is 50.2 Å². The Kier molecular flexibility index (Phi) is 4.11. The summed E-state index contributed by atoms with van der Waals surface area (Å²) in [4.78, 5) is 18.5. The van der Waals surface area contributed by atoms with E-state index >= 15 is 0 Å². The summed E-state index contributed by atoms with van der Waals surface area (Å²) >= 11 is 0. The Bertz CT molecular complexity index is 1200. The zero-order chi connectivity index (χ0) is 22.0. The molecule has 0 N–H and O–H groups in total. The lowest BCUT2D eigenvalue weighted by atomic mass is 9.53. The largest absolute Gasteiger partial charge is 0.481 e. The molecule has 0 radical (unpaired) electrons. The molecule has 6 rings (SSSR count). The van der Waals surface area contributed by atoms with Gasteiger partial charge < -0.3 is 19.1 Å². The quantitative estimate of drug-likeness (QED) is 0.421. The van der Waals surface area contributed by atoms with Crippen LogP contribution in [0.1, 0.15) is 30.0 Å². The number of likely N-dealkylation sites (tertiary alicyclic amines) is 1. The molecular formula is C25H23N3O4. The molecule has 2 aliphatic heterocycles. The number of aromatic nitrogens is 1. The molecule has 0 amide bonds. The number of likely N-dealkylation sites (N-methyl/N-ethyl adjacent to an activating group) is 1. The molecule has 7 heteroatoms. The fourth-order valence-electron chi connectivity index (χ4n) is 6.23. The number of nitrogens with zero attached hydrogens (tertiary/aromatic N) is 3. The van der Waals surface area contributed by atoms with Crippen molar-refractivity contribution >= 4 is 5.97 Å². The van der Waals surface area contributed by atoms with Gasteiger partial charge in [-0.2, -0.15) is 5.26 Å². The van der Waals surface area contributed by atoms with Gasteiger partial charge in [-0.1, -0.05) is 12.1 Å². The van der Waals surface area contributed by atoms with Gasteiger partial charge in [-0.15, -0.1) is 0 Å². The van der Waals surface area contributed by atoms with Crippen molar-refractivity contribution in [2.75, 3.05) is 13.6 Å². The Labute approximate surface area is 186 Å². The standard InChI is InChI=1S/C25H23N3O4/c1-14(29)30-19-5-3-16-12-18-17-4-6-20(31-21-11-15(13-26)7-9-27-21)24-25(17,8-10-28(18)2)22(16)23(19)32-24/h3-7,9,11,17-18,20,24H,8,10,12H2,1-2H3/t17-,18+,20-,24-,25-/m0/s1. The number of piperidine rings is 1. The smallest absolute Gasteiger partial charge is 0.308 e. The zero-order valence-corrected chi connectivity index (χ0v) is 17.9. The van der Waals surface area contributed by atoms with Crippen molar-refractivity contribution in [3.8, 4) is 23.4 Å². The van der Waals surface area contributed by atoms with Gasteiger partial charge in [0, 0.05) is 42.1 Å². The Morgan fingerprint density at radius 2 is 2.22 bits per heavy atom. The van der Waals surface area contributed by atoms with Gasteiger partial charge in [0.15, 0.2) is 17.6 Å². The lowest BCUT2D eigenvalue weighted by Crippen LogP contribution is -2.65. The van der Waals surface area contributed by atoms with Crippen LogP contribution in [0.15, 0.2) is 42.6 Å². The maximum Gasteiger partial charge on any atom is 0.308 e. The molecule has 1 spiro atoms. The van der Waals surface area contributed by atoms with E-state index in [1.807, 2.05) is 6.07 Å². The molecule has 1 aromatic carbocycles. The van der Waals surface area contributed by atoms with Gasteiger partial charge in [-0.3, -0.25) is 4.79 Å². The number of carbonyl (C=O) groups is 1. The first kappa shape index (κ1) is 19.3. The molecule has 1 aromatic heterocycles. The molecule has 1 saturated heterocycles. The second kappa shape index (κ2) is 6.81. The number of ether oxygens (including phenoxy) is 3. The van der Waals surface area contributed by atoms with Crippen molar-refractivity contribution in [2.24, 2.45) is 5.92 Å². The van der Waals surface area contributed by atoms with Gasteiger partial charge >= 0.3 is 5.97 Å². The highest BCUT2D eigenvalue weighted by atomic mass is 16.6. The molecule has 2 aromatic rings. The summed E-state index contributed by atoms with van der Waals surface area (Å²) in [5.41, 5.74) is 2.68. The minimum absolute atomic E-state index is 0.248. The molecule has 2 aliphatic carbocycles. The van der Waals surface area contributed by atoms with E-state index in [1.165, 1.54) is 18.1 Å². The summed E-state index contributed by atoms with van der Waals surface area (Å²) in [7, 11) is 2.19. The van der Waals surface area contributed by atoms with Gasteiger partial charge in [-0.25, -0.2) is 4.98 Å². The van der Waals surface area contributed by atoms with Crippen molar-refractivity contribution < 1.29 is 19.0 Å². The maximum atomic E-state index is 11.8. The first-order valence-electron chi connectivity index (χ1n) is 10.9. The number of esters is 1. The van der Waals surface area contributed by atoms with Gasteiger partial charge in [0.05, 0.1) is 11.6 Å². The van der Waals surface area contributed by atoms with E-state index in [0.29, 0.717) is 29.0 Å². The zero-order valence-electron chi connectivity index (χ0n) is 17.9. The lowest BCUT2D eigenvalue weighted by Gasteiger charge is -2.56. The van der Waals surface area contributed by atoms with E-state index in [9.17, 15) is 10.1 Å². The van der Waals surface area contributed by atoms with Gasteiger partial charge in [0.2, 0.25) is 5.88 Å². The number of benzene rings is 1. The van der Waals surface area contributed by atoms with Crippen LogP contribution in [0.3, 0.4) is 0 Å². The fraction of sp³-hybridized carbons (Fsp3) is 0.400. The number of hydrogen-bond donors (Lipinski definition) is 0. The van der Waals surface area contributed by atoms with Crippen molar-refractivity contribution in [1.82, 2.24) is 9.88 Å². The number of hydrogen-bond acceptors (Lipinski definition) is 7. The van der Waals surface area contributed by atoms with Crippen molar-refractivity contribution in [1.29, 1.82) is 5.26 Å². The average molecular weight is 429 g/mol. The Hall–Kier alpha value is -3.37. The van der Waals surface area contributed by atoms with E-state index in [1.54, 1.807) is 18.3 Å². The van der Waals surface area contributed by atoms with Crippen LogP contribution in [0.4, 0.5) is 0 Å². The summed E-state index contributed by atoms with van der Waals surface area (Å²) < 4.78 is 18.4. The summed E-state index contributed by atoms with van der Waals surface area (Å²) in [5, 5.41) is 9.23. The van der Waals surface area contributed by atoms with E-state index < -0.39 is 0 Å². The predicted octanol–water partition coefficient (Wildman–Crippen LogP) is 2.77. The summed E-state index contributed by atoms with van der Waals surface area (Å²) in [6, 6.07) is 9.74. The molecular weight excluding hydrogens is 406 g/mol. The summed E-state index contributed by atoms with van der Waals surface area (Å²) in [6.45, 7) is 2.36. The van der Waals surface area contributed by atoms with Crippen LogP contribution in [0, 0.1) is 17.2 Å². The summed E-state index contributed by atoms with van der Waals surface area (Å²) in [5.74, 6) is 1.46.